The fraction of sp³-hybridized carbons (Fsp3) is 0.857. The third kappa shape index (κ3) is 18.5. The number of carbonyl (C=O) groups excluding carboxylic acids is 3. The van der Waals surface area contributed by atoms with Gasteiger partial charge in [-0.2, -0.15) is 0 Å². The maximum absolute atomic E-state index is 11.8. The molecule has 0 aliphatic rings. The molecule has 176 valence electrons. The van der Waals surface area contributed by atoms with Crippen LogP contribution in [-0.2, 0) is 33.3 Å². The third-order valence-electron chi connectivity index (χ3n) is 4.08. The SMILES string of the molecule is CNC(=O)CCOCCOCCOCCOCCNC(=O)CCCC(=O)C(C)(C)C. The lowest BCUT2D eigenvalue weighted by Gasteiger charge is -2.16. The Labute approximate surface area is 180 Å². The van der Waals surface area contributed by atoms with Gasteiger partial charge in [-0.3, -0.25) is 14.4 Å². The Bertz CT molecular complexity index is 478. The minimum absolute atomic E-state index is 0.0433. The van der Waals surface area contributed by atoms with Crippen LogP contribution in [0.3, 0.4) is 0 Å². The summed E-state index contributed by atoms with van der Waals surface area (Å²) in [6.07, 6.45) is 1.70. The van der Waals surface area contributed by atoms with E-state index in [1.54, 1.807) is 7.05 Å². The van der Waals surface area contributed by atoms with E-state index < -0.39 is 0 Å². The second-order valence-electron chi connectivity index (χ2n) is 7.75. The van der Waals surface area contributed by atoms with Crippen LogP contribution >= 0.6 is 0 Å². The molecule has 0 saturated heterocycles. The van der Waals surface area contributed by atoms with Crippen molar-refractivity contribution in [1.29, 1.82) is 0 Å². The van der Waals surface area contributed by atoms with E-state index in [1.165, 1.54) is 0 Å². The molecule has 0 aromatic carbocycles. The standard InChI is InChI=1S/C21H40N2O7/c1-21(2,3)18(24)6-5-7-20(26)23-9-11-28-13-15-30-17-16-29-14-12-27-10-8-19(25)22-4/h5-17H2,1-4H3,(H,22,25)(H,23,26). The Morgan fingerprint density at radius 1 is 0.667 bits per heavy atom. The van der Waals surface area contributed by atoms with Gasteiger partial charge in [-0.25, -0.2) is 0 Å². The molecule has 0 fully saturated rings. The van der Waals surface area contributed by atoms with Crippen LogP contribution in [0, 0.1) is 5.41 Å². The molecule has 2 N–H and O–H groups in total. The number of rotatable bonds is 19. The van der Waals surface area contributed by atoms with Crippen LogP contribution in [0.2, 0.25) is 0 Å². The van der Waals surface area contributed by atoms with Gasteiger partial charge in [0, 0.05) is 38.3 Å². The highest BCUT2D eigenvalue weighted by Crippen LogP contribution is 2.18. The van der Waals surface area contributed by atoms with Crippen LogP contribution in [0.4, 0.5) is 0 Å². The molecule has 0 spiro atoms. The number of ether oxygens (including phenoxy) is 4. The van der Waals surface area contributed by atoms with Gasteiger partial charge in [0.1, 0.15) is 5.78 Å². The van der Waals surface area contributed by atoms with Crippen LogP contribution in [-0.4, -0.2) is 84.0 Å². The molecule has 9 heteroatoms. The first-order valence-electron chi connectivity index (χ1n) is 10.6. The fourth-order valence-corrected chi connectivity index (χ4v) is 2.19. The fourth-order valence-electron chi connectivity index (χ4n) is 2.19. The van der Waals surface area contributed by atoms with Gasteiger partial charge in [0.2, 0.25) is 11.8 Å². The Morgan fingerprint density at radius 2 is 1.17 bits per heavy atom. The van der Waals surface area contributed by atoms with Crippen molar-refractivity contribution in [3.05, 3.63) is 0 Å². The van der Waals surface area contributed by atoms with E-state index in [4.69, 9.17) is 18.9 Å². The Morgan fingerprint density at radius 3 is 1.67 bits per heavy atom. The number of amides is 2. The molecule has 0 aromatic rings. The summed E-state index contributed by atoms with van der Waals surface area (Å²) in [5.74, 6) is 0.0692. The van der Waals surface area contributed by atoms with Crippen LogP contribution in [0.25, 0.3) is 0 Å². The van der Waals surface area contributed by atoms with Gasteiger partial charge in [0.15, 0.2) is 0 Å². The van der Waals surface area contributed by atoms with E-state index in [9.17, 15) is 14.4 Å². The molecular weight excluding hydrogens is 392 g/mol. The molecular formula is C21H40N2O7. The highest BCUT2D eigenvalue weighted by atomic mass is 16.6. The lowest BCUT2D eigenvalue weighted by atomic mass is 9.88. The lowest BCUT2D eigenvalue weighted by Crippen LogP contribution is -2.28. The molecule has 0 aliphatic carbocycles. The van der Waals surface area contributed by atoms with Crippen molar-refractivity contribution in [3.63, 3.8) is 0 Å². The predicted molar refractivity (Wildman–Crippen MR) is 113 cm³/mol. The van der Waals surface area contributed by atoms with E-state index in [0.717, 1.165) is 0 Å². The molecule has 9 nitrogen and oxygen atoms in total. The quantitative estimate of drug-likeness (QED) is 0.294. The molecule has 0 aliphatic heterocycles. The highest BCUT2D eigenvalue weighted by Gasteiger charge is 2.20. The first-order chi connectivity index (χ1) is 14.3. The van der Waals surface area contributed by atoms with Crippen molar-refractivity contribution < 1.29 is 33.3 Å². The zero-order chi connectivity index (χ0) is 22.7. The van der Waals surface area contributed by atoms with Crippen molar-refractivity contribution in [2.75, 3.05) is 66.4 Å². The average Bonchev–Trinajstić information content (AvgIpc) is 2.69. The monoisotopic (exact) mass is 432 g/mol. The molecule has 2 amide bonds. The second-order valence-corrected chi connectivity index (χ2v) is 7.75. The number of nitrogens with one attached hydrogen (secondary N) is 2. The topological polar surface area (TPSA) is 112 Å². The van der Waals surface area contributed by atoms with Gasteiger partial charge < -0.3 is 29.6 Å². The molecule has 0 unspecified atom stereocenters. The minimum atomic E-state index is -0.346. The summed E-state index contributed by atoms with van der Waals surface area (Å²) < 4.78 is 21.4. The Hall–Kier alpha value is -1.55. The summed E-state index contributed by atoms with van der Waals surface area (Å²) in [5, 5.41) is 5.30. The summed E-state index contributed by atoms with van der Waals surface area (Å²) in [4.78, 5) is 34.4. The van der Waals surface area contributed by atoms with E-state index in [-0.39, 0.29) is 23.0 Å². The van der Waals surface area contributed by atoms with Gasteiger partial charge >= 0.3 is 0 Å². The van der Waals surface area contributed by atoms with E-state index >= 15 is 0 Å². The van der Waals surface area contributed by atoms with Crippen LogP contribution in [0.15, 0.2) is 0 Å². The highest BCUT2D eigenvalue weighted by molar-refractivity contribution is 5.84. The zero-order valence-corrected chi connectivity index (χ0v) is 19.1. The third-order valence-corrected chi connectivity index (χ3v) is 4.08. The number of ketones is 1. The molecule has 0 atom stereocenters. The molecule has 0 bridgehead atoms. The lowest BCUT2D eigenvalue weighted by molar-refractivity contribution is -0.126. The normalized spacial score (nSPS) is 11.3. The predicted octanol–water partition coefficient (Wildman–Crippen LogP) is 1.09. The molecule has 0 aromatic heterocycles. The van der Waals surface area contributed by atoms with Gasteiger partial charge in [0.25, 0.3) is 0 Å². The van der Waals surface area contributed by atoms with E-state index in [2.05, 4.69) is 10.6 Å². The van der Waals surface area contributed by atoms with Crippen molar-refractivity contribution in [2.24, 2.45) is 5.41 Å². The van der Waals surface area contributed by atoms with Crippen molar-refractivity contribution in [1.82, 2.24) is 10.6 Å². The van der Waals surface area contributed by atoms with Crippen LogP contribution < -0.4 is 10.6 Å². The van der Waals surface area contributed by atoms with Gasteiger partial charge in [-0.05, 0) is 6.42 Å². The minimum Gasteiger partial charge on any atom is -0.379 e. The molecule has 0 heterocycles. The molecule has 0 saturated carbocycles. The van der Waals surface area contributed by atoms with Gasteiger partial charge in [-0.1, -0.05) is 20.8 Å². The second kappa shape index (κ2) is 18.2. The summed E-state index contributed by atoms with van der Waals surface area (Å²) in [5.41, 5.74) is -0.346. The Kier molecular flexibility index (Phi) is 17.3. The van der Waals surface area contributed by atoms with Crippen molar-refractivity contribution >= 4 is 17.6 Å². The van der Waals surface area contributed by atoms with Crippen LogP contribution in [0.1, 0.15) is 46.5 Å². The molecule has 30 heavy (non-hydrogen) atoms. The summed E-state index contributed by atoms with van der Waals surface area (Å²) in [7, 11) is 1.59. The zero-order valence-electron chi connectivity index (χ0n) is 19.1. The van der Waals surface area contributed by atoms with Crippen molar-refractivity contribution in [3.8, 4) is 0 Å². The Balaban J connectivity index is 3.28. The number of hydrogen-bond donors (Lipinski definition) is 2. The average molecular weight is 433 g/mol. The first kappa shape index (κ1) is 28.5. The number of Topliss-reactive ketones (excluding diaryl/α,β-unsaturated/α-hetero) is 1. The molecule has 0 rings (SSSR count). The smallest absolute Gasteiger partial charge is 0.222 e. The summed E-state index contributed by atoms with van der Waals surface area (Å²) >= 11 is 0. The summed E-state index contributed by atoms with van der Waals surface area (Å²) in [6.45, 7) is 9.62. The maximum atomic E-state index is 11.8. The van der Waals surface area contributed by atoms with E-state index in [0.29, 0.717) is 85.1 Å². The van der Waals surface area contributed by atoms with Crippen LogP contribution in [0.5, 0.6) is 0 Å². The van der Waals surface area contributed by atoms with Gasteiger partial charge in [-0.15, -0.1) is 0 Å². The number of hydrogen-bond acceptors (Lipinski definition) is 7. The first-order valence-corrected chi connectivity index (χ1v) is 10.6. The molecule has 0 radical (unpaired) electrons. The largest absolute Gasteiger partial charge is 0.379 e. The van der Waals surface area contributed by atoms with Crippen molar-refractivity contribution in [2.45, 2.75) is 46.5 Å². The van der Waals surface area contributed by atoms with E-state index in [1.807, 2.05) is 20.8 Å². The summed E-state index contributed by atoms with van der Waals surface area (Å²) in [6, 6.07) is 0. The van der Waals surface area contributed by atoms with Gasteiger partial charge in [0.05, 0.1) is 52.9 Å². The number of carbonyl (C=O) groups is 3. The maximum Gasteiger partial charge on any atom is 0.222 e.